The Bertz CT molecular complexity index is 1330. The monoisotopic (exact) mass is 443 g/mol. The molecule has 0 radical (unpaired) electrons. The molecule has 0 unspecified atom stereocenters. The van der Waals surface area contributed by atoms with Gasteiger partial charge in [0, 0.05) is 11.4 Å². The number of carbonyl (C=O) groups is 3. The lowest BCUT2D eigenvalue weighted by Crippen LogP contribution is -2.52. The van der Waals surface area contributed by atoms with Gasteiger partial charge in [-0.2, -0.15) is 10.4 Å². The first kappa shape index (κ1) is 20.6. The van der Waals surface area contributed by atoms with Gasteiger partial charge in [0.25, 0.3) is 5.91 Å². The van der Waals surface area contributed by atoms with Gasteiger partial charge in [-0.05, 0) is 43.4 Å². The maximum atomic E-state index is 13.4. The molecule has 2 aliphatic rings. The van der Waals surface area contributed by atoms with E-state index in [1.807, 2.05) is 6.07 Å². The zero-order valence-electron chi connectivity index (χ0n) is 17.6. The Labute approximate surface area is 189 Å². The molecule has 3 N–H and O–H groups in total. The van der Waals surface area contributed by atoms with Crippen molar-refractivity contribution in [1.82, 2.24) is 19.7 Å². The second kappa shape index (κ2) is 8.02. The van der Waals surface area contributed by atoms with Crippen LogP contribution in [0, 0.1) is 17.2 Å². The molecule has 2 bridgehead atoms. The highest BCUT2D eigenvalue weighted by Crippen LogP contribution is 2.43. The van der Waals surface area contributed by atoms with Gasteiger partial charge in [-0.15, -0.1) is 0 Å². The second-order valence-corrected chi connectivity index (χ2v) is 8.37. The number of benzene rings is 1. The second-order valence-electron chi connectivity index (χ2n) is 8.37. The fourth-order valence-electron chi connectivity index (χ4n) is 5.09. The van der Waals surface area contributed by atoms with Gasteiger partial charge in [0.15, 0.2) is 5.69 Å². The van der Waals surface area contributed by atoms with E-state index >= 15 is 0 Å². The van der Waals surface area contributed by atoms with Crippen molar-refractivity contribution in [2.45, 2.75) is 37.9 Å². The summed E-state index contributed by atoms with van der Waals surface area (Å²) in [5.74, 6) is -0.888. The van der Waals surface area contributed by atoms with Crippen molar-refractivity contribution in [1.29, 1.82) is 5.26 Å². The molecule has 2 fully saturated rings. The normalized spacial score (nSPS) is 21.2. The minimum atomic E-state index is -0.665. The average Bonchev–Trinajstić information content (AvgIpc) is 3.52. The number of carbonyl (C=O) groups excluding carboxylic acids is 3. The molecule has 5 rings (SSSR count). The number of hydrogen-bond acceptors (Lipinski definition) is 6. The molecule has 1 saturated heterocycles. The van der Waals surface area contributed by atoms with E-state index in [2.05, 4.69) is 15.4 Å². The first-order chi connectivity index (χ1) is 16.0. The number of aromatic nitrogens is 3. The van der Waals surface area contributed by atoms with Gasteiger partial charge in [-0.3, -0.25) is 19.1 Å². The Morgan fingerprint density at radius 3 is 2.76 bits per heavy atom. The van der Waals surface area contributed by atoms with Gasteiger partial charge in [-0.25, -0.2) is 4.98 Å². The first-order valence-electron chi connectivity index (χ1n) is 10.7. The summed E-state index contributed by atoms with van der Waals surface area (Å²) in [6, 6.07) is 13.2. The third-order valence-corrected chi connectivity index (χ3v) is 6.43. The van der Waals surface area contributed by atoms with Gasteiger partial charge in [0.05, 0.1) is 5.52 Å². The molecule has 3 atom stereocenters. The molecular weight excluding hydrogens is 422 g/mol. The molecule has 3 aromatic rings. The molecule has 2 aromatic heterocycles. The van der Waals surface area contributed by atoms with Crippen molar-refractivity contribution < 1.29 is 14.4 Å². The van der Waals surface area contributed by atoms with Crippen LogP contribution in [0.15, 0.2) is 42.5 Å². The van der Waals surface area contributed by atoms with E-state index in [1.54, 1.807) is 47.4 Å². The number of piperidine rings is 1. The molecule has 1 aliphatic carbocycles. The van der Waals surface area contributed by atoms with Crippen LogP contribution in [-0.4, -0.2) is 49.5 Å². The summed E-state index contributed by atoms with van der Waals surface area (Å²) < 4.78 is 1.47. The van der Waals surface area contributed by atoms with Crippen LogP contribution in [0.5, 0.6) is 0 Å². The number of amides is 3. The highest BCUT2D eigenvalue weighted by molar-refractivity contribution is 6.04. The maximum Gasteiger partial charge on any atom is 0.269 e. The van der Waals surface area contributed by atoms with Crippen molar-refractivity contribution in [3.05, 3.63) is 53.9 Å². The van der Waals surface area contributed by atoms with E-state index in [9.17, 15) is 14.4 Å². The van der Waals surface area contributed by atoms with Crippen LogP contribution in [0.3, 0.4) is 0 Å². The lowest BCUT2D eigenvalue weighted by atomic mass is 9.97. The summed E-state index contributed by atoms with van der Waals surface area (Å²) in [6.45, 7) is -0.108. The van der Waals surface area contributed by atoms with Crippen LogP contribution in [0.2, 0.25) is 0 Å². The molecule has 3 heterocycles. The number of nitriles is 1. The van der Waals surface area contributed by atoms with Crippen LogP contribution in [0.4, 0.5) is 5.82 Å². The molecule has 33 heavy (non-hydrogen) atoms. The van der Waals surface area contributed by atoms with Crippen LogP contribution >= 0.6 is 0 Å². The zero-order chi connectivity index (χ0) is 23.1. The van der Waals surface area contributed by atoms with E-state index in [0.717, 1.165) is 19.3 Å². The fourth-order valence-corrected chi connectivity index (χ4v) is 5.09. The van der Waals surface area contributed by atoms with Gasteiger partial charge in [0.2, 0.25) is 11.8 Å². The summed E-state index contributed by atoms with van der Waals surface area (Å²) in [6.07, 6.45) is 2.48. The fraction of sp³-hybridized carbons (Fsp3) is 0.304. The quantitative estimate of drug-likeness (QED) is 0.609. The Kier molecular flexibility index (Phi) is 5.01. The number of nitrogens with zero attached hydrogens (tertiary/aromatic N) is 5. The van der Waals surface area contributed by atoms with E-state index < -0.39 is 11.9 Å². The number of fused-ring (bicyclic) bond motifs is 3. The van der Waals surface area contributed by atoms with Gasteiger partial charge in [-0.1, -0.05) is 24.3 Å². The summed E-state index contributed by atoms with van der Waals surface area (Å²) >= 11 is 0. The standard InChI is InChI=1S/C23H21N7O3/c24-11-14-4-3-7-18(26-14)27-23(33)21-13-8-9-15(10-13)30(21)19(31)12-29-17-6-2-1-5-16(17)20(28-29)22(25)32/h1-7,13,15,21H,8-10,12H2,(H2,25,32)(H,26,27,33)/t13-,15+,21-/m0/s1. The van der Waals surface area contributed by atoms with Crippen molar-refractivity contribution in [3.63, 3.8) is 0 Å². The number of primary amides is 1. The molecule has 1 saturated carbocycles. The molecule has 1 aliphatic heterocycles. The topological polar surface area (TPSA) is 147 Å². The zero-order valence-corrected chi connectivity index (χ0v) is 17.6. The number of nitrogens with two attached hydrogens (primary N) is 1. The predicted octanol–water partition coefficient (Wildman–Crippen LogP) is 1.42. The number of rotatable bonds is 5. The largest absolute Gasteiger partial charge is 0.364 e. The van der Waals surface area contributed by atoms with Crippen molar-refractivity contribution in [2.75, 3.05) is 5.32 Å². The number of pyridine rings is 1. The number of anilines is 1. The Morgan fingerprint density at radius 2 is 1.97 bits per heavy atom. The number of hydrogen-bond donors (Lipinski definition) is 2. The first-order valence-corrected chi connectivity index (χ1v) is 10.7. The Morgan fingerprint density at radius 1 is 1.15 bits per heavy atom. The number of nitrogens with one attached hydrogen (secondary N) is 1. The smallest absolute Gasteiger partial charge is 0.269 e. The Hall–Kier alpha value is -4.26. The van der Waals surface area contributed by atoms with Gasteiger partial charge < -0.3 is 16.0 Å². The van der Waals surface area contributed by atoms with E-state index in [1.165, 1.54) is 4.68 Å². The third kappa shape index (κ3) is 3.57. The Balaban J connectivity index is 1.40. The van der Waals surface area contributed by atoms with Crippen molar-refractivity contribution in [2.24, 2.45) is 11.7 Å². The van der Waals surface area contributed by atoms with Gasteiger partial charge in [0.1, 0.15) is 30.2 Å². The number of para-hydroxylation sites is 1. The van der Waals surface area contributed by atoms with Crippen LogP contribution < -0.4 is 11.1 Å². The molecule has 0 spiro atoms. The minimum absolute atomic E-state index is 0.0194. The summed E-state index contributed by atoms with van der Waals surface area (Å²) in [5, 5.41) is 16.7. The predicted molar refractivity (Wildman–Crippen MR) is 118 cm³/mol. The van der Waals surface area contributed by atoms with Crippen LogP contribution in [0.25, 0.3) is 10.9 Å². The van der Waals surface area contributed by atoms with E-state index in [-0.39, 0.29) is 47.5 Å². The lowest BCUT2D eigenvalue weighted by Gasteiger charge is -2.34. The lowest BCUT2D eigenvalue weighted by molar-refractivity contribution is -0.141. The summed E-state index contributed by atoms with van der Waals surface area (Å²) in [4.78, 5) is 44.1. The highest BCUT2D eigenvalue weighted by atomic mass is 16.2. The molecule has 10 heteroatoms. The molecular formula is C23H21N7O3. The SMILES string of the molecule is N#Cc1cccc(NC(=O)[C@@H]2[C@H]3CC[C@H](C3)N2C(=O)Cn2nc(C(N)=O)c3ccccc32)n1. The van der Waals surface area contributed by atoms with Gasteiger partial charge >= 0.3 is 0 Å². The summed E-state index contributed by atoms with van der Waals surface area (Å²) in [7, 11) is 0. The minimum Gasteiger partial charge on any atom is -0.364 e. The molecule has 166 valence electrons. The maximum absolute atomic E-state index is 13.4. The third-order valence-electron chi connectivity index (χ3n) is 6.43. The van der Waals surface area contributed by atoms with Crippen LogP contribution in [0.1, 0.15) is 35.4 Å². The van der Waals surface area contributed by atoms with E-state index in [0.29, 0.717) is 10.9 Å². The number of likely N-dealkylation sites (tertiary alicyclic amines) is 1. The van der Waals surface area contributed by atoms with E-state index in [4.69, 9.17) is 11.0 Å². The van der Waals surface area contributed by atoms with Crippen molar-refractivity contribution >= 4 is 34.4 Å². The van der Waals surface area contributed by atoms with Crippen LogP contribution in [-0.2, 0) is 16.1 Å². The molecule has 3 amide bonds. The molecule has 1 aromatic carbocycles. The molecule has 10 nitrogen and oxygen atoms in total. The summed E-state index contributed by atoms with van der Waals surface area (Å²) in [5.41, 5.74) is 6.40. The highest BCUT2D eigenvalue weighted by Gasteiger charge is 2.51. The average molecular weight is 443 g/mol. The van der Waals surface area contributed by atoms with Crippen molar-refractivity contribution in [3.8, 4) is 6.07 Å².